The van der Waals surface area contributed by atoms with Crippen LogP contribution in [0.5, 0.6) is 0 Å². The van der Waals surface area contributed by atoms with Crippen LogP contribution in [0, 0.1) is 0 Å². The minimum Gasteiger partial charge on any atom is -0.550 e. The molecule has 4 nitrogen and oxygen atoms in total. The molecule has 0 aromatic rings. The van der Waals surface area contributed by atoms with E-state index < -0.39 is 11.9 Å². The van der Waals surface area contributed by atoms with Crippen LogP contribution in [0.3, 0.4) is 0 Å². The van der Waals surface area contributed by atoms with Gasteiger partial charge in [-0.3, -0.25) is 0 Å². The highest BCUT2D eigenvalue weighted by Crippen LogP contribution is 2.17. The first-order valence-corrected chi connectivity index (χ1v) is 24.9. The lowest BCUT2D eigenvalue weighted by Gasteiger charge is -2.04. The highest BCUT2D eigenvalue weighted by molar-refractivity contribution is 5.64. The van der Waals surface area contributed by atoms with Crippen molar-refractivity contribution < 1.29 is 19.8 Å². The molecule has 324 valence electrons. The van der Waals surface area contributed by atoms with Crippen molar-refractivity contribution in [1.82, 2.24) is 0 Å². The maximum absolute atomic E-state index is 10.3. The monoisotopic (exact) mass is 763 g/mol. The van der Waals surface area contributed by atoms with Gasteiger partial charge in [0.15, 0.2) is 0 Å². The number of carboxylic acid groups (broad SMARTS) is 2. The van der Waals surface area contributed by atoms with Crippen LogP contribution in [0.4, 0.5) is 0 Å². The number of carbonyl (C=O) groups excluding carboxylic acids is 2. The molecule has 0 bridgehead atoms. The SMILES string of the molecule is CCCCCCCCCCCCCCCCCCCCCCCC(=O)[O-].CCCCCCCCCCCCCCCCCCCCCCCCCC(=O)[O-]. The molecule has 0 saturated carbocycles. The Morgan fingerprint density at radius 2 is 0.333 bits per heavy atom. The summed E-state index contributed by atoms with van der Waals surface area (Å²) in [5.74, 6) is -1.80. The van der Waals surface area contributed by atoms with Crippen LogP contribution in [0.1, 0.15) is 309 Å². The molecule has 0 fully saturated rings. The molecule has 0 aliphatic rings. The summed E-state index contributed by atoms with van der Waals surface area (Å²) >= 11 is 0. The van der Waals surface area contributed by atoms with Gasteiger partial charge in [-0.05, 0) is 25.7 Å². The summed E-state index contributed by atoms with van der Waals surface area (Å²) in [6.45, 7) is 4.58. The van der Waals surface area contributed by atoms with Crippen LogP contribution in [0.2, 0.25) is 0 Å². The Bertz CT molecular complexity index is 692. The number of hydrogen-bond donors (Lipinski definition) is 0. The van der Waals surface area contributed by atoms with E-state index in [4.69, 9.17) is 0 Å². The van der Waals surface area contributed by atoms with Gasteiger partial charge in [-0.2, -0.15) is 0 Å². The molecule has 0 N–H and O–H groups in total. The van der Waals surface area contributed by atoms with E-state index in [-0.39, 0.29) is 12.8 Å². The lowest BCUT2D eigenvalue weighted by Crippen LogP contribution is -2.21. The fourth-order valence-corrected chi connectivity index (χ4v) is 7.76. The summed E-state index contributed by atoms with van der Waals surface area (Å²) in [6, 6.07) is 0. The van der Waals surface area contributed by atoms with Crippen molar-refractivity contribution in [3.63, 3.8) is 0 Å². The molecule has 4 heteroatoms. The molecule has 0 aliphatic carbocycles. The van der Waals surface area contributed by atoms with E-state index in [2.05, 4.69) is 13.8 Å². The summed E-state index contributed by atoms with van der Waals surface area (Å²) in [6.07, 6.45) is 60.4. The Morgan fingerprint density at radius 1 is 0.222 bits per heavy atom. The smallest absolute Gasteiger partial charge is 0.0414 e. The zero-order chi connectivity index (χ0) is 39.7. The second-order valence-corrected chi connectivity index (χ2v) is 17.1. The van der Waals surface area contributed by atoms with Crippen molar-refractivity contribution >= 4 is 11.9 Å². The minimum absolute atomic E-state index is 0.235. The van der Waals surface area contributed by atoms with Gasteiger partial charge in [0.2, 0.25) is 0 Å². The second kappa shape index (κ2) is 51.9. The van der Waals surface area contributed by atoms with Gasteiger partial charge in [0.25, 0.3) is 0 Å². The van der Waals surface area contributed by atoms with Gasteiger partial charge in [0.1, 0.15) is 0 Å². The predicted octanol–water partition coefficient (Wildman–Crippen LogP) is 15.5. The van der Waals surface area contributed by atoms with Crippen molar-refractivity contribution in [1.29, 1.82) is 0 Å². The Labute approximate surface area is 340 Å². The van der Waals surface area contributed by atoms with E-state index in [0.717, 1.165) is 25.7 Å². The standard InChI is InChI=1S/C26H52O2.C24H48O2/c1-2-3-4-5-6-7-8-9-10-11-12-13-14-15-16-17-18-19-20-21-22-23-24-25-26(27)28;1-2-3-4-5-6-7-8-9-10-11-12-13-14-15-16-17-18-19-20-21-22-23-24(25)26/h2-25H2,1H3,(H,27,28);2-23H2,1H3,(H,25,26)/p-2. The molecule has 0 atom stereocenters. The van der Waals surface area contributed by atoms with Crippen LogP contribution in [-0.2, 0) is 9.59 Å². The van der Waals surface area contributed by atoms with Crippen LogP contribution in [0.25, 0.3) is 0 Å². The number of rotatable bonds is 46. The second-order valence-electron chi connectivity index (χ2n) is 17.1. The summed E-state index contributed by atoms with van der Waals surface area (Å²) in [4.78, 5) is 20.6. The highest BCUT2D eigenvalue weighted by Gasteiger charge is 1.98. The van der Waals surface area contributed by atoms with Gasteiger partial charge in [0.05, 0.1) is 0 Å². The third-order valence-corrected chi connectivity index (χ3v) is 11.5. The average molecular weight is 763 g/mol. The topological polar surface area (TPSA) is 80.3 Å². The van der Waals surface area contributed by atoms with Gasteiger partial charge in [-0.15, -0.1) is 0 Å². The van der Waals surface area contributed by atoms with Crippen LogP contribution < -0.4 is 10.2 Å². The van der Waals surface area contributed by atoms with Crippen molar-refractivity contribution in [2.24, 2.45) is 0 Å². The van der Waals surface area contributed by atoms with Crippen LogP contribution in [-0.4, -0.2) is 11.9 Å². The first-order chi connectivity index (χ1) is 26.5. The van der Waals surface area contributed by atoms with E-state index in [1.54, 1.807) is 0 Å². The lowest BCUT2D eigenvalue weighted by molar-refractivity contribution is -0.307. The van der Waals surface area contributed by atoms with Gasteiger partial charge < -0.3 is 19.8 Å². The van der Waals surface area contributed by atoms with Crippen molar-refractivity contribution in [3.8, 4) is 0 Å². The molecule has 0 saturated heterocycles. The third kappa shape index (κ3) is 57.7. The van der Waals surface area contributed by atoms with Gasteiger partial charge in [-0.25, -0.2) is 0 Å². The Morgan fingerprint density at radius 3 is 0.444 bits per heavy atom. The van der Waals surface area contributed by atoms with Crippen molar-refractivity contribution in [2.45, 2.75) is 309 Å². The highest BCUT2D eigenvalue weighted by atomic mass is 16.4. The van der Waals surface area contributed by atoms with E-state index in [1.807, 2.05) is 0 Å². The number of unbranched alkanes of at least 4 members (excludes halogenated alkanes) is 42. The van der Waals surface area contributed by atoms with E-state index in [0.29, 0.717) is 0 Å². The number of carbonyl (C=O) groups is 2. The quantitative estimate of drug-likeness (QED) is 0.0578. The Hall–Kier alpha value is -1.06. The molecular weight excluding hydrogens is 665 g/mol. The molecule has 0 aromatic carbocycles. The molecule has 0 heterocycles. The number of aliphatic carboxylic acids is 2. The Kier molecular flexibility index (Phi) is 52.9. The zero-order valence-electron chi connectivity index (χ0n) is 37.2. The largest absolute Gasteiger partial charge is 0.550 e. The molecule has 0 aromatic heterocycles. The molecular formula is C50H98O4-2. The predicted molar refractivity (Wildman–Crippen MR) is 234 cm³/mol. The normalized spacial score (nSPS) is 11.1. The third-order valence-electron chi connectivity index (χ3n) is 11.5. The number of carboxylic acids is 2. The summed E-state index contributed by atoms with van der Waals surface area (Å²) < 4.78 is 0. The van der Waals surface area contributed by atoms with E-state index >= 15 is 0 Å². The van der Waals surface area contributed by atoms with E-state index in [9.17, 15) is 19.8 Å². The first-order valence-electron chi connectivity index (χ1n) is 24.9. The van der Waals surface area contributed by atoms with Gasteiger partial charge >= 0.3 is 0 Å². The fourth-order valence-electron chi connectivity index (χ4n) is 7.76. The molecule has 0 spiro atoms. The lowest BCUT2D eigenvalue weighted by atomic mass is 10.0. The average Bonchev–Trinajstić information content (AvgIpc) is 3.15. The molecule has 0 rings (SSSR count). The molecule has 0 unspecified atom stereocenters. The summed E-state index contributed by atoms with van der Waals surface area (Å²) in [7, 11) is 0. The van der Waals surface area contributed by atoms with Crippen LogP contribution in [0.15, 0.2) is 0 Å². The molecule has 0 aliphatic heterocycles. The first kappa shape index (κ1) is 55.0. The Balaban J connectivity index is 0. The fraction of sp³-hybridized carbons (Fsp3) is 0.960. The summed E-state index contributed by atoms with van der Waals surface area (Å²) in [5, 5.41) is 20.6. The van der Waals surface area contributed by atoms with Gasteiger partial charge in [-0.1, -0.05) is 284 Å². The summed E-state index contributed by atoms with van der Waals surface area (Å²) in [5.41, 5.74) is 0. The minimum atomic E-state index is -0.900. The molecule has 0 radical (unpaired) electrons. The zero-order valence-corrected chi connectivity index (χ0v) is 37.2. The van der Waals surface area contributed by atoms with Crippen molar-refractivity contribution in [2.75, 3.05) is 0 Å². The maximum atomic E-state index is 10.3. The van der Waals surface area contributed by atoms with Gasteiger partial charge in [0, 0.05) is 11.9 Å². The van der Waals surface area contributed by atoms with Crippen molar-refractivity contribution in [3.05, 3.63) is 0 Å². The van der Waals surface area contributed by atoms with Crippen LogP contribution >= 0.6 is 0 Å². The molecule has 54 heavy (non-hydrogen) atoms. The maximum Gasteiger partial charge on any atom is 0.0414 e. The van der Waals surface area contributed by atoms with E-state index in [1.165, 1.54) is 257 Å². The molecule has 0 amide bonds. The number of hydrogen-bond acceptors (Lipinski definition) is 4.